The quantitative estimate of drug-likeness (QED) is 0.319. The zero-order chi connectivity index (χ0) is 30.7. The van der Waals surface area contributed by atoms with Gasteiger partial charge < -0.3 is 9.84 Å². The topological polar surface area (TPSA) is 45.6 Å². The van der Waals surface area contributed by atoms with Crippen LogP contribution in [0, 0.1) is 5.82 Å². The number of hydrogen-bond acceptors (Lipinski definition) is 4. The summed E-state index contributed by atoms with van der Waals surface area (Å²) in [5.41, 5.74) is -7.69. The van der Waals surface area contributed by atoms with Gasteiger partial charge in [-0.25, -0.2) is 4.39 Å². The van der Waals surface area contributed by atoms with E-state index in [1.54, 1.807) is 12.1 Å². The van der Waals surface area contributed by atoms with Crippen molar-refractivity contribution in [1.29, 1.82) is 0 Å². The van der Waals surface area contributed by atoms with E-state index < -0.39 is 46.7 Å². The van der Waals surface area contributed by atoms with Crippen LogP contribution in [-0.2, 0) is 24.7 Å². The van der Waals surface area contributed by atoms with Crippen molar-refractivity contribution in [3.05, 3.63) is 82.9 Å². The fourth-order valence-corrected chi connectivity index (χ4v) is 5.48. The zero-order valence-corrected chi connectivity index (χ0v) is 21.5. The third-order valence-electron chi connectivity index (χ3n) is 7.79. The maximum absolute atomic E-state index is 14.7. The number of aliphatic hydroxyl groups is 1. The van der Waals surface area contributed by atoms with Gasteiger partial charge in [-0.05, 0) is 17.2 Å². The maximum atomic E-state index is 14.7. The summed E-state index contributed by atoms with van der Waals surface area (Å²) in [6, 6.07) is 7.31. The highest BCUT2D eigenvalue weighted by Crippen LogP contribution is 2.50. The SMILES string of the molecule is OC(c1ccc(-c2ccc(CN3CCC4(CC3)Cc3c(cncc3C(F)(F)F)O4)cc2)c(F)c1)(C(F)(F)F)C(F)(F)F. The molecule has 1 fully saturated rings. The molecule has 2 aliphatic rings. The number of pyridine rings is 1. The van der Waals surface area contributed by atoms with Crippen molar-refractivity contribution in [3.8, 4) is 16.9 Å². The zero-order valence-electron chi connectivity index (χ0n) is 21.5. The minimum atomic E-state index is -6.13. The molecular weight excluding hydrogens is 586 g/mol. The Bertz CT molecular complexity index is 1440. The molecule has 3 aromatic rings. The monoisotopic (exact) mass is 608 g/mol. The first kappa shape index (κ1) is 30.1. The van der Waals surface area contributed by atoms with Crippen LogP contribution in [0.4, 0.5) is 43.9 Å². The van der Waals surface area contributed by atoms with Crippen LogP contribution in [0.3, 0.4) is 0 Å². The van der Waals surface area contributed by atoms with Gasteiger partial charge in [0.15, 0.2) is 0 Å². The summed E-state index contributed by atoms with van der Waals surface area (Å²) in [7, 11) is 0. The first-order valence-electron chi connectivity index (χ1n) is 12.6. The number of halogens is 10. The molecule has 5 rings (SSSR count). The molecule has 1 aromatic heterocycles. The summed E-state index contributed by atoms with van der Waals surface area (Å²) in [6.45, 7) is 1.47. The second-order valence-corrected chi connectivity index (χ2v) is 10.5. The molecule has 4 nitrogen and oxygen atoms in total. The molecular formula is C28H22F10N2O2. The van der Waals surface area contributed by atoms with Gasteiger partial charge in [-0.15, -0.1) is 0 Å². The number of ether oxygens (including phenoxy) is 1. The Kier molecular flexibility index (Phi) is 7.24. The first-order chi connectivity index (χ1) is 19.4. The molecule has 0 radical (unpaired) electrons. The van der Waals surface area contributed by atoms with Gasteiger partial charge in [0.1, 0.15) is 17.2 Å². The van der Waals surface area contributed by atoms with Crippen LogP contribution >= 0.6 is 0 Å². The molecule has 42 heavy (non-hydrogen) atoms. The van der Waals surface area contributed by atoms with Gasteiger partial charge in [0.05, 0.1) is 11.8 Å². The van der Waals surface area contributed by atoms with E-state index in [9.17, 15) is 49.0 Å². The van der Waals surface area contributed by atoms with Crippen LogP contribution in [-0.4, -0.2) is 46.0 Å². The highest BCUT2D eigenvalue weighted by molar-refractivity contribution is 5.65. The molecule has 0 aliphatic carbocycles. The second-order valence-electron chi connectivity index (χ2n) is 10.5. The molecule has 0 saturated carbocycles. The van der Waals surface area contributed by atoms with E-state index in [1.807, 2.05) is 0 Å². The van der Waals surface area contributed by atoms with Crippen molar-refractivity contribution in [1.82, 2.24) is 9.88 Å². The van der Waals surface area contributed by atoms with Crippen LogP contribution in [0.5, 0.6) is 5.75 Å². The molecule has 3 heterocycles. The summed E-state index contributed by atoms with van der Waals surface area (Å²) in [6.07, 6.45) is -13.7. The first-order valence-corrected chi connectivity index (χ1v) is 12.6. The number of benzene rings is 2. The van der Waals surface area contributed by atoms with Gasteiger partial charge in [-0.1, -0.05) is 36.4 Å². The highest BCUT2D eigenvalue weighted by Gasteiger charge is 2.71. The average molecular weight is 608 g/mol. The molecule has 0 bridgehead atoms. The molecule has 0 unspecified atom stereocenters. The van der Waals surface area contributed by atoms with Crippen LogP contribution in [0.15, 0.2) is 54.9 Å². The van der Waals surface area contributed by atoms with E-state index in [-0.39, 0.29) is 34.9 Å². The normalized spacial score (nSPS) is 17.8. The van der Waals surface area contributed by atoms with Crippen LogP contribution in [0.2, 0.25) is 0 Å². The molecule has 1 spiro atoms. The third-order valence-corrected chi connectivity index (χ3v) is 7.79. The van der Waals surface area contributed by atoms with Gasteiger partial charge in [0.2, 0.25) is 0 Å². The Morgan fingerprint density at radius 2 is 1.48 bits per heavy atom. The van der Waals surface area contributed by atoms with Crippen molar-refractivity contribution in [3.63, 3.8) is 0 Å². The smallest absolute Gasteiger partial charge is 0.430 e. The Morgan fingerprint density at radius 3 is 2.02 bits per heavy atom. The number of rotatable bonds is 4. The lowest BCUT2D eigenvalue weighted by Crippen LogP contribution is -2.53. The van der Waals surface area contributed by atoms with Gasteiger partial charge in [-0.2, -0.15) is 39.5 Å². The average Bonchev–Trinajstić information content (AvgIpc) is 3.26. The van der Waals surface area contributed by atoms with Crippen LogP contribution in [0.25, 0.3) is 11.1 Å². The van der Waals surface area contributed by atoms with E-state index >= 15 is 0 Å². The predicted octanol–water partition coefficient (Wildman–Crippen LogP) is 7.19. The van der Waals surface area contributed by atoms with Gasteiger partial charge >= 0.3 is 18.5 Å². The molecule has 0 atom stereocenters. The lowest BCUT2D eigenvalue weighted by molar-refractivity contribution is -0.376. The highest BCUT2D eigenvalue weighted by atomic mass is 19.4. The minimum absolute atomic E-state index is 0.0187. The summed E-state index contributed by atoms with van der Waals surface area (Å²) < 4.78 is 140. The molecule has 2 aliphatic heterocycles. The van der Waals surface area contributed by atoms with Crippen LogP contribution in [0.1, 0.15) is 35.1 Å². The number of hydrogen-bond donors (Lipinski definition) is 1. The van der Waals surface area contributed by atoms with Gasteiger partial charge in [0.25, 0.3) is 5.60 Å². The Morgan fingerprint density at radius 1 is 0.857 bits per heavy atom. The fraction of sp³-hybridized carbons (Fsp3) is 0.393. The van der Waals surface area contributed by atoms with Crippen molar-refractivity contribution in [2.24, 2.45) is 0 Å². The van der Waals surface area contributed by atoms with Crippen molar-refractivity contribution in [2.45, 2.75) is 55.5 Å². The summed E-state index contributed by atoms with van der Waals surface area (Å²) in [4.78, 5) is 5.72. The number of aromatic nitrogens is 1. The number of fused-ring (bicyclic) bond motifs is 1. The van der Waals surface area contributed by atoms with Gasteiger partial charge in [-0.3, -0.25) is 9.88 Å². The molecule has 0 amide bonds. The summed E-state index contributed by atoms with van der Waals surface area (Å²) in [5.74, 6) is -1.24. The minimum Gasteiger partial charge on any atom is -0.485 e. The Hall–Kier alpha value is -3.39. The lowest BCUT2D eigenvalue weighted by Gasteiger charge is -2.38. The maximum Gasteiger partial charge on any atom is 0.430 e. The molecule has 1 N–H and O–H groups in total. The van der Waals surface area contributed by atoms with E-state index in [1.165, 1.54) is 18.3 Å². The Labute approximate surface area is 232 Å². The number of likely N-dealkylation sites (tertiary alicyclic amines) is 1. The third kappa shape index (κ3) is 5.30. The molecule has 2 aromatic carbocycles. The Balaban J connectivity index is 1.25. The van der Waals surface area contributed by atoms with Crippen molar-refractivity contribution in [2.75, 3.05) is 13.1 Å². The molecule has 14 heteroatoms. The van der Waals surface area contributed by atoms with Crippen molar-refractivity contribution >= 4 is 0 Å². The standard InChI is InChI=1S/C28H22F10N2O2/c29-22-11-18(25(41,27(33,34)35)28(36,37)38)5-6-19(22)17-3-1-16(2-4-17)15-40-9-7-24(8-10-40)12-20-21(26(30,31)32)13-39-14-23(20)42-24/h1-6,11,13-14,41H,7-10,12,15H2. The predicted molar refractivity (Wildman–Crippen MR) is 129 cm³/mol. The number of nitrogens with zero attached hydrogens (tertiary/aromatic N) is 2. The van der Waals surface area contributed by atoms with E-state index in [4.69, 9.17) is 4.74 Å². The van der Waals surface area contributed by atoms with E-state index in [2.05, 4.69) is 9.88 Å². The molecule has 1 saturated heterocycles. The summed E-state index contributed by atoms with van der Waals surface area (Å²) >= 11 is 0. The lowest BCUT2D eigenvalue weighted by atomic mass is 9.86. The van der Waals surface area contributed by atoms with E-state index in [0.29, 0.717) is 38.5 Å². The molecule has 226 valence electrons. The number of alkyl halides is 9. The summed E-state index contributed by atoms with van der Waals surface area (Å²) in [5, 5.41) is 9.51. The fourth-order valence-electron chi connectivity index (χ4n) is 5.48. The van der Waals surface area contributed by atoms with E-state index in [0.717, 1.165) is 17.8 Å². The van der Waals surface area contributed by atoms with Crippen LogP contribution < -0.4 is 4.74 Å². The largest absolute Gasteiger partial charge is 0.485 e. The van der Waals surface area contributed by atoms with Crippen molar-refractivity contribution < 1.29 is 53.7 Å². The van der Waals surface area contributed by atoms with Gasteiger partial charge in [0, 0.05) is 61.8 Å². The number of piperidine rings is 1. The second kappa shape index (κ2) is 10.1.